The predicted molar refractivity (Wildman–Crippen MR) is 238 cm³/mol. The number of aliphatic hydroxyl groups is 1. The number of amides is 2. The molecule has 2 aliphatic heterocycles. The number of ether oxygens (including phenoxy) is 8. The van der Waals surface area contributed by atoms with E-state index in [4.69, 9.17) is 37.9 Å². The molecule has 2 amide bonds. The smallest absolute Gasteiger partial charge is 0.410 e. The van der Waals surface area contributed by atoms with E-state index in [1.165, 1.54) is 4.90 Å². The number of alkyl carbamates (subject to hydrolysis) is 1. The lowest BCUT2D eigenvalue weighted by Crippen LogP contribution is -2.60. The average molecular weight is 898 g/mol. The van der Waals surface area contributed by atoms with Crippen LogP contribution < -0.4 is 5.32 Å². The van der Waals surface area contributed by atoms with E-state index in [0.29, 0.717) is 17.7 Å². The number of hydrogen-bond donors (Lipinski definition) is 2. The van der Waals surface area contributed by atoms with Gasteiger partial charge in [0.2, 0.25) is 5.79 Å². The second-order valence-electron chi connectivity index (χ2n) is 18.8. The summed E-state index contributed by atoms with van der Waals surface area (Å²) in [5, 5.41) is 13.4. The molecule has 16 heteroatoms. The molecule has 2 heterocycles. The van der Waals surface area contributed by atoms with Crippen LogP contribution in [0.4, 0.5) is 9.59 Å². The zero-order valence-corrected chi connectivity index (χ0v) is 39.9. The SMILES string of the molecule is COC(C)(CC(C)CN(C(=O)OC(C)(C)C)C(CO)CNC(=O)OCc1ccccc1)C(O[C@@H]1O[C@H](C)C[C@H](N(C)C)[C@H]1OC(=O)c1ccccc1)C(C)C1=C(C)C(=O)OC(C)(C)O1. The summed E-state index contributed by atoms with van der Waals surface area (Å²) in [5.74, 6) is -3.13. The number of likely N-dealkylation sites (N-methyl/N-ethyl adjacent to an activating group) is 1. The molecule has 16 nitrogen and oxygen atoms in total. The fraction of sp³-hybridized carbons (Fsp3) is 0.625. The van der Waals surface area contributed by atoms with E-state index in [9.17, 15) is 24.3 Å². The number of aliphatic hydroxyl groups excluding tert-OH is 1. The highest BCUT2D eigenvalue weighted by molar-refractivity contribution is 5.90. The summed E-state index contributed by atoms with van der Waals surface area (Å²) in [6.07, 6.45) is -3.92. The highest BCUT2D eigenvalue weighted by atomic mass is 16.7. The van der Waals surface area contributed by atoms with Gasteiger partial charge in [0.25, 0.3) is 0 Å². The van der Waals surface area contributed by atoms with E-state index in [1.54, 1.807) is 72.9 Å². The summed E-state index contributed by atoms with van der Waals surface area (Å²) in [7, 11) is 5.35. The monoisotopic (exact) mass is 897 g/mol. The van der Waals surface area contributed by atoms with Gasteiger partial charge in [0.05, 0.1) is 47.6 Å². The van der Waals surface area contributed by atoms with E-state index < -0.39 is 78.2 Å². The highest BCUT2D eigenvalue weighted by Gasteiger charge is 2.51. The average Bonchev–Trinajstić information content (AvgIpc) is 3.23. The van der Waals surface area contributed by atoms with Crippen LogP contribution in [0.1, 0.15) is 98.0 Å². The van der Waals surface area contributed by atoms with Crippen molar-refractivity contribution in [3.63, 3.8) is 0 Å². The van der Waals surface area contributed by atoms with Crippen molar-refractivity contribution in [2.45, 2.75) is 142 Å². The molecule has 356 valence electrons. The van der Waals surface area contributed by atoms with Gasteiger partial charge >= 0.3 is 24.1 Å². The van der Waals surface area contributed by atoms with Crippen LogP contribution in [0.3, 0.4) is 0 Å². The van der Waals surface area contributed by atoms with E-state index in [1.807, 2.05) is 83.1 Å². The van der Waals surface area contributed by atoms with Crippen molar-refractivity contribution in [1.29, 1.82) is 0 Å². The van der Waals surface area contributed by atoms with Crippen molar-refractivity contribution >= 4 is 24.1 Å². The number of esters is 2. The van der Waals surface area contributed by atoms with Crippen LogP contribution in [0.2, 0.25) is 0 Å². The summed E-state index contributed by atoms with van der Waals surface area (Å²) < 4.78 is 49.4. The van der Waals surface area contributed by atoms with E-state index in [0.717, 1.165) is 5.56 Å². The largest absolute Gasteiger partial charge is 0.456 e. The fourth-order valence-corrected chi connectivity index (χ4v) is 8.15. The molecule has 1 saturated heterocycles. The van der Waals surface area contributed by atoms with E-state index in [-0.39, 0.29) is 49.8 Å². The molecule has 0 saturated carbocycles. The number of hydrogen-bond acceptors (Lipinski definition) is 14. The summed E-state index contributed by atoms with van der Waals surface area (Å²) in [6.45, 7) is 17.2. The molecule has 2 N–H and O–H groups in total. The number of methoxy groups -OCH3 is 1. The van der Waals surface area contributed by atoms with Gasteiger partial charge in [-0.05, 0) is 92.1 Å². The van der Waals surface area contributed by atoms with Crippen molar-refractivity contribution < 1.29 is 62.2 Å². The number of nitrogens with zero attached hydrogens (tertiary/aromatic N) is 2. The molecule has 5 unspecified atom stereocenters. The normalized spacial score (nSPS) is 22.8. The van der Waals surface area contributed by atoms with Crippen molar-refractivity contribution in [2.24, 2.45) is 11.8 Å². The molecular formula is C48H71N3O13. The fourth-order valence-electron chi connectivity index (χ4n) is 8.15. The Hall–Kier alpha value is -4.74. The first-order valence-corrected chi connectivity index (χ1v) is 21.9. The van der Waals surface area contributed by atoms with Gasteiger partial charge in [-0.25, -0.2) is 19.2 Å². The number of cyclic esters (lactones) is 1. The minimum Gasteiger partial charge on any atom is -0.456 e. The minimum atomic E-state index is -1.30. The first-order chi connectivity index (χ1) is 30.0. The number of rotatable bonds is 19. The third-order valence-electron chi connectivity index (χ3n) is 11.3. The zero-order chi connectivity index (χ0) is 47.6. The van der Waals surface area contributed by atoms with Crippen molar-refractivity contribution in [3.8, 4) is 0 Å². The molecule has 2 aromatic rings. The Labute approximate surface area is 378 Å². The molecule has 0 radical (unpaired) electrons. The zero-order valence-electron chi connectivity index (χ0n) is 39.9. The molecule has 0 spiro atoms. The second-order valence-corrected chi connectivity index (χ2v) is 18.8. The predicted octanol–water partition coefficient (Wildman–Crippen LogP) is 6.84. The van der Waals surface area contributed by atoms with Crippen LogP contribution >= 0.6 is 0 Å². The van der Waals surface area contributed by atoms with Crippen LogP contribution in [-0.4, -0.2) is 134 Å². The summed E-state index contributed by atoms with van der Waals surface area (Å²) in [4.78, 5) is 57.0. The van der Waals surface area contributed by atoms with Gasteiger partial charge in [0.1, 0.15) is 18.0 Å². The van der Waals surface area contributed by atoms with Gasteiger partial charge in [-0.15, -0.1) is 0 Å². The molecule has 4 rings (SSSR count). The maximum atomic E-state index is 13.9. The maximum absolute atomic E-state index is 13.9. The van der Waals surface area contributed by atoms with Gasteiger partial charge in [-0.1, -0.05) is 62.4 Å². The Kier molecular flexibility index (Phi) is 18.2. The molecular weight excluding hydrogens is 827 g/mol. The lowest BCUT2D eigenvalue weighted by molar-refractivity contribution is -0.298. The lowest BCUT2D eigenvalue weighted by atomic mass is 9.80. The molecule has 0 aromatic heterocycles. The summed E-state index contributed by atoms with van der Waals surface area (Å²) in [5.41, 5.74) is -0.682. The Morgan fingerprint density at radius 1 is 0.984 bits per heavy atom. The molecule has 1 fully saturated rings. The van der Waals surface area contributed by atoms with Crippen molar-refractivity contribution in [1.82, 2.24) is 15.1 Å². The summed E-state index contributed by atoms with van der Waals surface area (Å²) >= 11 is 0. The topological polar surface area (TPSA) is 181 Å². The van der Waals surface area contributed by atoms with Crippen molar-refractivity contribution in [2.75, 3.05) is 40.9 Å². The third kappa shape index (κ3) is 14.4. The number of carbonyl (C=O) groups is 4. The summed E-state index contributed by atoms with van der Waals surface area (Å²) in [6, 6.07) is 16.7. The first-order valence-electron chi connectivity index (χ1n) is 21.9. The third-order valence-corrected chi connectivity index (χ3v) is 11.3. The number of benzene rings is 2. The Morgan fingerprint density at radius 3 is 2.19 bits per heavy atom. The van der Waals surface area contributed by atoms with Crippen LogP contribution in [-0.2, 0) is 49.3 Å². The standard InChI is InChI=1S/C48H71N3O13/c1-30(27-51(45(56)64-46(5,6)7)36(28-52)26-49-44(55)58-29-34-20-16-14-17-21-34)25-48(10,57-13)40(32(3)38-33(4)41(53)63-47(8,9)62-38)61-43-39(37(50(11)12)24-31(2)59-43)60-42(54)35-22-18-15-19-23-35/h14-23,30-32,36-37,39-40,43,52H,24-29H2,1-13H3,(H,49,55)/t30?,31-,32?,36?,37+,39-,40?,43+,48?/m1/s1. The van der Waals surface area contributed by atoms with E-state index >= 15 is 0 Å². The van der Waals surface area contributed by atoms with Gasteiger partial charge in [0, 0.05) is 40.0 Å². The molecule has 0 bridgehead atoms. The molecule has 64 heavy (non-hydrogen) atoms. The van der Waals surface area contributed by atoms with Gasteiger partial charge in [-0.3, -0.25) is 0 Å². The molecule has 9 atom stereocenters. The minimum absolute atomic E-state index is 0.0392. The molecule has 2 aromatic carbocycles. The molecule has 0 aliphatic carbocycles. The quantitative estimate of drug-likeness (QED) is 0.111. The van der Waals surface area contributed by atoms with Gasteiger partial charge in [0.15, 0.2) is 12.4 Å². The number of carbonyl (C=O) groups excluding carboxylic acids is 4. The van der Waals surface area contributed by atoms with Gasteiger partial charge < -0.3 is 58.1 Å². The van der Waals surface area contributed by atoms with Gasteiger partial charge in [-0.2, -0.15) is 0 Å². The number of nitrogens with one attached hydrogen (secondary N) is 1. The molecule has 2 aliphatic rings. The van der Waals surface area contributed by atoms with Crippen LogP contribution in [0.25, 0.3) is 0 Å². The van der Waals surface area contributed by atoms with E-state index in [2.05, 4.69) is 5.32 Å². The van der Waals surface area contributed by atoms with Crippen molar-refractivity contribution in [3.05, 3.63) is 83.1 Å². The van der Waals surface area contributed by atoms with Crippen LogP contribution in [0.5, 0.6) is 0 Å². The lowest BCUT2D eigenvalue weighted by Gasteiger charge is -2.48. The Morgan fingerprint density at radius 2 is 1.61 bits per heavy atom. The van der Waals surface area contributed by atoms with Crippen LogP contribution in [0, 0.1) is 11.8 Å². The Balaban J connectivity index is 1.70. The maximum Gasteiger partial charge on any atom is 0.410 e. The van der Waals surface area contributed by atoms with Crippen LogP contribution in [0.15, 0.2) is 72.0 Å². The highest BCUT2D eigenvalue weighted by Crippen LogP contribution is 2.41. The second kappa shape index (κ2) is 22.4. The Bertz CT molecular complexity index is 1890. The first kappa shape index (κ1) is 51.9.